The van der Waals surface area contributed by atoms with Crippen molar-refractivity contribution in [1.29, 1.82) is 0 Å². The van der Waals surface area contributed by atoms with Crippen LogP contribution in [-0.4, -0.2) is 49.0 Å². The topological polar surface area (TPSA) is 65.8 Å². The summed E-state index contributed by atoms with van der Waals surface area (Å²) in [5.41, 5.74) is 0.805. The van der Waals surface area contributed by atoms with Crippen LogP contribution in [0, 0.1) is 6.92 Å². The number of benzene rings is 2. The van der Waals surface area contributed by atoms with Gasteiger partial charge in [-0.15, -0.1) is 0 Å². The number of alkyl halides is 3. The Balaban J connectivity index is 1.88. The molecular weight excluding hydrogens is 439 g/mol. The summed E-state index contributed by atoms with van der Waals surface area (Å²) in [6.07, 6.45) is -3.13. The summed E-state index contributed by atoms with van der Waals surface area (Å²) in [6.45, 7) is 1.82. The standard InChI is InChI=1S/C23H24F3N3O4/c1-14-18(12-27-29(14)17-8-6-7-16(11-17)23(24,25)26)22(30)28(2)13-15-9-10-19(31-3)21(33-5)20(15)32-4/h6-12H,13H2,1-5H3. The van der Waals surface area contributed by atoms with Gasteiger partial charge in [-0.3, -0.25) is 4.79 Å². The van der Waals surface area contributed by atoms with Gasteiger partial charge >= 0.3 is 6.18 Å². The van der Waals surface area contributed by atoms with Crippen LogP contribution < -0.4 is 14.2 Å². The fourth-order valence-electron chi connectivity index (χ4n) is 3.51. The maximum atomic E-state index is 13.1. The quantitative estimate of drug-likeness (QED) is 0.516. The lowest BCUT2D eigenvalue weighted by Crippen LogP contribution is -2.27. The Kier molecular flexibility index (Phi) is 6.85. The van der Waals surface area contributed by atoms with E-state index in [-0.39, 0.29) is 23.7 Å². The summed E-state index contributed by atoms with van der Waals surface area (Å²) in [5, 5.41) is 4.14. The monoisotopic (exact) mass is 463 g/mol. The second kappa shape index (κ2) is 9.43. The van der Waals surface area contributed by atoms with E-state index in [9.17, 15) is 18.0 Å². The normalized spacial score (nSPS) is 11.3. The van der Waals surface area contributed by atoms with Crippen LogP contribution in [0.15, 0.2) is 42.6 Å². The average molecular weight is 463 g/mol. The number of hydrogen-bond acceptors (Lipinski definition) is 5. The molecule has 0 saturated carbocycles. The van der Waals surface area contributed by atoms with E-state index in [4.69, 9.17) is 14.2 Å². The van der Waals surface area contributed by atoms with Gasteiger partial charge in [0.2, 0.25) is 5.75 Å². The first-order valence-electron chi connectivity index (χ1n) is 9.87. The highest BCUT2D eigenvalue weighted by Gasteiger charge is 2.31. The highest BCUT2D eigenvalue weighted by atomic mass is 19.4. The van der Waals surface area contributed by atoms with Crippen molar-refractivity contribution in [2.45, 2.75) is 19.6 Å². The molecule has 0 unspecified atom stereocenters. The van der Waals surface area contributed by atoms with Gasteiger partial charge in [0.15, 0.2) is 11.5 Å². The molecule has 0 aliphatic rings. The second-order valence-corrected chi connectivity index (χ2v) is 7.26. The van der Waals surface area contributed by atoms with Gasteiger partial charge in [0.25, 0.3) is 5.91 Å². The van der Waals surface area contributed by atoms with Crippen molar-refractivity contribution < 1.29 is 32.2 Å². The van der Waals surface area contributed by atoms with Crippen molar-refractivity contribution in [3.63, 3.8) is 0 Å². The third kappa shape index (κ3) is 4.74. The Morgan fingerprint density at radius 3 is 2.36 bits per heavy atom. The number of carbonyl (C=O) groups is 1. The van der Waals surface area contributed by atoms with Crippen molar-refractivity contribution in [3.05, 3.63) is 65.0 Å². The number of amides is 1. The predicted octanol–water partition coefficient (Wildman–Crippen LogP) is 4.50. The van der Waals surface area contributed by atoms with Gasteiger partial charge in [-0.2, -0.15) is 18.3 Å². The molecule has 33 heavy (non-hydrogen) atoms. The van der Waals surface area contributed by atoms with Crippen LogP contribution in [0.25, 0.3) is 5.69 Å². The second-order valence-electron chi connectivity index (χ2n) is 7.26. The van der Waals surface area contributed by atoms with Gasteiger partial charge in [0.1, 0.15) is 0 Å². The van der Waals surface area contributed by atoms with E-state index in [0.29, 0.717) is 28.5 Å². The molecule has 3 aromatic rings. The van der Waals surface area contributed by atoms with E-state index < -0.39 is 11.7 Å². The van der Waals surface area contributed by atoms with Crippen LogP contribution in [0.4, 0.5) is 13.2 Å². The van der Waals surface area contributed by atoms with E-state index in [2.05, 4.69) is 5.10 Å². The maximum absolute atomic E-state index is 13.1. The summed E-state index contributed by atoms with van der Waals surface area (Å²) in [7, 11) is 6.10. The predicted molar refractivity (Wildman–Crippen MR) is 115 cm³/mol. The maximum Gasteiger partial charge on any atom is 0.416 e. The first-order chi connectivity index (χ1) is 15.6. The Hall–Kier alpha value is -3.69. The molecule has 0 aliphatic heterocycles. The average Bonchev–Trinajstić information content (AvgIpc) is 3.18. The number of rotatable bonds is 7. The SMILES string of the molecule is COc1ccc(CN(C)C(=O)c2cnn(-c3cccc(C(F)(F)F)c3)c2C)c(OC)c1OC. The zero-order valence-electron chi connectivity index (χ0n) is 18.9. The largest absolute Gasteiger partial charge is 0.493 e. The lowest BCUT2D eigenvalue weighted by molar-refractivity contribution is -0.137. The van der Waals surface area contributed by atoms with Gasteiger partial charge in [0.05, 0.1) is 50.0 Å². The zero-order chi connectivity index (χ0) is 24.3. The lowest BCUT2D eigenvalue weighted by Gasteiger charge is -2.21. The van der Waals surface area contributed by atoms with Gasteiger partial charge in [-0.25, -0.2) is 4.68 Å². The molecule has 176 valence electrons. The summed E-state index contributed by atoms with van der Waals surface area (Å²) >= 11 is 0. The third-order valence-corrected chi connectivity index (χ3v) is 5.20. The minimum Gasteiger partial charge on any atom is -0.493 e. The number of halogens is 3. The fourth-order valence-corrected chi connectivity index (χ4v) is 3.51. The molecular formula is C23H24F3N3O4. The van der Waals surface area contributed by atoms with Crippen molar-refractivity contribution in [3.8, 4) is 22.9 Å². The van der Waals surface area contributed by atoms with Crippen molar-refractivity contribution in [2.24, 2.45) is 0 Å². The molecule has 0 spiro atoms. The van der Waals surface area contributed by atoms with E-state index in [0.717, 1.165) is 12.1 Å². The highest BCUT2D eigenvalue weighted by Crippen LogP contribution is 2.40. The Morgan fingerprint density at radius 1 is 1.06 bits per heavy atom. The molecule has 0 N–H and O–H groups in total. The van der Waals surface area contributed by atoms with Crippen LogP contribution >= 0.6 is 0 Å². The van der Waals surface area contributed by atoms with Crippen LogP contribution in [0.1, 0.15) is 27.2 Å². The summed E-state index contributed by atoms with van der Waals surface area (Å²) < 4.78 is 56.7. The molecule has 1 aromatic heterocycles. The summed E-state index contributed by atoms with van der Waals surface area (Å²) in [5.74, 6) is 0.993. The van der Waals surface area contributed by atoms with Gasteiger partial charge < -0.3 is 19.1 Å². The number of methoxy groups -OCH3 is 3. The molecule has 0 radical (unpaired) electrons. The fraction of sp³-hybridized carbons (Fsp3) is 0.304. The van der Waals surface area contributed by atoms with Crippen LogP contribution in [0.2, 0.25) is 0 Å². The van der Waals surface area contributed by atoms with Gasteiger partial charge in [-0.1, -0.05) is 6.07 Å². The summed E-state index contributed by atoms with van der Waals surface area (Å²) in [6, 6.07) is 8.26. The van der Waals surface area contributed by atoms with Crippen molar-refractivity contribution >= 4 is 5.91 Å². The first kappa shape index (κ1) is 24.0. The Bertz CT molecular complexity index is 1160. The molecule has 2 aromatic carbocycles. The Morgan fingerprint density at radius 2 is 1.76 bits per heavy atom. The minimum atomic E-state index is -4.48. The van der Waals surface area contributed by atoms with Crippen LogP contribution in [-0.2, 0) is 12.7 Å². The number of nitrogens with zero attached hydrogens (tertiary/aromatic N) is 3. The molecule has 1 amide bonds. The Labute approximate surface area is 189 Å². The highest BCUT2D eigenvalue weighted by molar-refractivity contribution is 5.95. The zero-order valence-corrected chi connectivity index (χ0v) is 18.9. The molecule has 0 bridgehead atoms. The van der Waals surface area contributed by atoms with E-state index in [1.54, 1.807) is 26.1 Å². The molecule has 3 rings (SSSR count). The van der Waals surface area contributed by atoms with Crippen molar-refractivity contribution in [2.75, 3.05) is 28.4 Å². The van der Waals surface area contributed by atoms with E-state index >= 15 is 0 Å². The van der Waals surface area contributed by atoms with Crippen molar-refractivity contribution in [1.82, 2.24) is 14.7 Å². The molecule has 0 atom stereocenters. The van der Waals surface area contributed by atoms with Gasteiger partial charge in [0, 0.05) is 19.2 Å². The molecule has 7 nitrogen and oxygen atoms in total. The molecule has 0 saturated heterocycles. The van der Waals surface area contributed by atoms with E-state index in [1.807, 2.05) is 0 Å². The number of hydrogen-bond donors (Lipinski definition) is 0. The molecule has 10 heteroatoms. The van der Waals surface area contributed by atoms with Gasteiger partial charge in [-0.05, 0) is 37.3 Å². The smallest absolute Gasteiger partial charge is 0.416 e. The minimum absolute atomic E-state index is 0.191. The molecule has 0 fully saturated rings. The van der Waals surface area contributed by atoms with Crippen LogP contribution in [0.3, 0.4) is 0 Å². The van der Waals surface area contributed by atoms with Crippen LogP contribution in [0.5, 0.6) is 17.2 Å². The van der Waals surface area contributed by atoms with E-state index in [1.165, 1.54) is 49.2 Å². The third-order valence-electron chi connectivity index (χ3n) is 5.20. The number of carbonyl (C=O) groups excluding carboxylic acids is 1. The molecule has 0 aliphatic carbocycles. The summed E-state index contributed by atoms with van der Waals surface area (Å²) in [4.78, 5) is 14.6. The first-order valence-corrected chi connectivity index (χ1v) is 9.87. The number of ether oxygens (including phenoxy) is 3. The molecule has 1 heterocycles. The number of aromatic nitrogens is 2. The lowest BCUT2D eigenvalue weighted by atomic mass is 10.1.